The van der Waals surface area contributed by atoms with E-state index in [9.17, 15) is 9.90 Å². The zero-order chi connectivity index (χ0) is 26.2. The molecule has 6 heteroatoms. The average Bonchev–Trinajstić information content (AvgIpc) is 3.46. The Morgan fingerprint density at radius 3 is 2.42 bits per heavy atom. The molecule has 2 aliphatic heterocycles. The van der Waals surface area contributed by atoms with E-state index in [1.54, 1.807) is 0 Å². The Bertz CT molecular complexity index is 1400. The van der Waals surface area contributed by atoms with Gasteiger partial charge in [-0.15, -0.1) is 0 Å². The molecule has 1 aromatic heterocycles. The quantitative estimate of drug-likeness (QED) is 0.276. The van der Waals surface area contributed by atoms with Crippen molar-refractivity contribution < 1.29 is 9.90 Å². The van der Waals surface area contributed by atoms with Crippen molar-refractivity contribution in [1.82, 2.24) is 15.5 Å². The normalized spacial score (nSPS) is 21.7. The molecule has 2 bridgehead atoms. The molecule has 1 amide bonds. The summed E-state index contributed by atoms with van der Waals surface area (Å²) in [6, 6.07) is 25.3. The van der Waals surface area contributed by atoms with E-state index in [1.807, 2.05) is 36.4 Å². The summed E-state index contributed by atoms with van der Waals surface area (Å²) in [6.07, 6.45) is 4.73. The predicted molar refractivity (Wildman–Crippen MR) is 152 cm³/mol. The van der Waals surface area contributed by atoms with E-state index in [0.717, 1.165) is 59.8 Å². The van der Waals surface area contributed by atoms with Crippen molar-refractivity contribution in [2.24, 2.45) is 5.92 Å². The lowest BCUT2D eigenvalue weighted by molar-refractivity contribution is 0.0932. The summed E-state index contributed by atoms with van der Waals surface area (Å²) in [7, 11) is 0. The van der Waals surface area contributed by atoms with Crippen LogP contribution in [-0.4, -0.2) is 39.4 Å². The molecule has 2 fully saturated rings. The van der Waals surface area contributed by atoms with E-state index >= 15 is 0 Å². The third-order valence-corrected chi connectivity index (χ3v) is 8.19. The molecule has 196 valence electrons. The summed E-state index contributed by atoms with van der Waals surface area (Å²) in [5.74, 6) is 0.378. The molecule has 2 saturated heterocycles. The highest BCUT2D eigenvalue weighted by molar-refractivity contribution is 6.01. The first kappa shape index (κ1) is 24.7. The summed E-state index contributed by atoms with van der Waals surface area (Å²) < 4.78 is 0. The molecule has 3 aromatic carbocycles. The summed E-state index contributed by atoms with van der Waals surface area (Å²) in [5.41, 5.74) is 5.74. The lowest BCUT2D eigenvalue weighted by Gasteiger charge is -2.39. The maximum atomic E-state index is 13.4. The number of nitrogens with one attached hydrogen (secondary N) is 2. The second-order valence-electron chi connectivity index (χ2n) is 11.4. The number of carbonyl (C=O) groups excluding carboxylic acids is 1. The number of hydrogen-bond acceptors (Lipinski definition) is 4. The van der Waals surface area contributed by atoms with Gasteiger partial charge in [-0.25, -0.2) is 0 Å². The summed E-state index contributed by atoms with van der Waals surface area (Å²) in [4.78, 5) is 15.9. The molecular weight excluding hydrogens is 472 g/mol. The fraction of sp³-hybridized carbons (Fsp3) is 0.375. The van der Waals surface area contributed by atoms with Crippen LogP contribution in [0, 0.1) is 5.92 Å². The number of amides is 1. The number of piperidine rings is 1. The van der Waals surface area contributed by atoms with Crippen LogP contribution in [0.3, 0.4) is 0 Å². The van der Waals surface area contributed by atoms with Crippen LogP contribution in [0.2, 0.25) is 0 Å². The molecule has 4 atom stereocenters. The molecule has 0 radical (unpaired) electrons. The van der Waals surface area contributed by atoms with Gasteiger partial charge in [0.05, 0.1) is 23.4 Å². The topological polar surface area (TPSA) is 81.2 Å². The van der Waals surface area contributed by atoms with Crippen molar-refractivity contribution in [2.75, 3.05) is 4.90 Å². The Hall–Kier alpha value is -3.64. The molecule has 3 N–H and O–H groups in total. The maximum Gasteiger partial charge on any atom is 0.251 e. The van der Waals surface area contributed by atoms with Gasteiger partial charge in [-0.2, -0.15) is 5.10 Å². The Balaban J connectivity index is 1.24. The van der Waals surface area contributed by atoms with Crippen LogP contribution < -0.4 is 10.2 Å². The first-order valence-electron chi connectivity index (χ1n) is 13.9. The summed E-state index contributed by atoms with van der Waals surface area (Å²) in [5, 5.41) is 22.1. The lowest BCUT2D eigenvalue weighted by atomic mass is 9.96. The molecule has 38 heavy (non-hydrogen) atoms. The summed E-state index contributed by atoms with van der Waals surface area (Å²) in [6.45, 7) is 4.35. The van der Waals surface area contributed by atoms with Crippen LogP contribution in [0.25, 0.3) is 22.2 Å². The van der Waals surface area contributed by atoms with Crippen molar-refractivity contribution >= 4 is 22.5 Å². The van der Waals surface area contributed by atoms with Crippen molar-refractivity contribution in [1.29, 1.82) is 0 Å². The van der Waals surface area contributed by atoms with Gasteiger partial charge in [0.2, 0.25) is 0 Å². The molecule has 0 spiro atoms. The van der Waals surface area contributed by atoms with Crippen molar-refractivity contribution in [3.63, 3.8) is 0 Å². The molecule has 0 aliphatic carbocycles. The van der Waals surface area contributed by atoms with Gasteiger partial charge in [0.15, 0.2) is 0 Å². The van der Waals surface area contributed by atoms with Crippen molar-refractivity contribution in [3.8, 4) is 11.3 Å². The van der Waals surface area contributed by atoms with Gasteiger partial charge in [0.25, 0.3) is 5.91 Å². The van der Waals surface area contributed by atoms with E-state index in [1.165, 1.54) is 5.69 Å². The van der Waals surface area contributed by atoms with Crippen LogP contribution in [0.15, 0.2) is 72.8 Å². The molecule has 0 saturated carbocycles. The number of carbonyl (C=O) groups is 1. The Labute approximate surface area is 224 Å². The highest BCUT2D eigenvalue weighted by Gasteiger charge is 2.40. The number of rotatable bonds is 7. The van der Waals surface area contributed by atoms with E-state index in [0.29, 0.717) is 23.6 Å². The number of aromatic nitrogens is 2. The van der Waals surface area contributed by atoms with E-state index in [2.05, 4.69) is 70.7 Å². The van der Waals surface area contributed by atoms with Gasteiger partial charge in [0.1, 0.15) is 0 Å². The van der Waals surface area contributed by atoms with Crippen LogP contribution in [-0.2, 0) is 0 Å². The second-order valence-corrected chi connectivity index (χ2v) is 11.4. The number of aliphatic hydroxyl groups is 1. The van der Waals surface area contributed by atoms with E-state index in [4.69, 9.17) is 0 Å². The number of benzene rings is 3. The van der Waals surface area contributed by atoms with Crippen LogP contribution in [0.4, 0.5) is 5.69 Å². The average molecular weight is 509 g/mol. The van der Waals surface area contributed by atoms with Gasteiger partial charge in [-0.05, 0) is 73.9 Å². The van der Waals surface area contributed by atoms with E-state index < -0.39 is 0 Å². The number of anilines is 1. The van der Waals surface area contributed by atoms with Gasteiger partial charge < -0.3 is 15.3 Å². The molecule has 4 aromatic rings. The molecule has 2 aliphatic rings. The minimum atomic E-state index is -0.168. The maximum absolute atomic E-state index is 13.4. The lowest BCUT2D eigenvalue weighted by Crippen LogP contribution is -2.44. The van der Waals surface area contributed by atoms with Crippen LogP contribution in [0.5, 0.6) is 0 Å². The van der Waals surface area contributed by atoms with Crippen LogP contribution in [0.1, 0.15) is 67.9 Å². The molecular formula is C32H36N4O2. The number of nitrogens with zero attached hydrogens (tertiary/aromatic N) is 2. The Morgan fingerprint density at radius 1 is 1.03 bits per heavy atom. The fourth-order valence-electron chi connectivity index (χ4n) is 6.41. The highest BCUT2D eigenvalue weighted by Crippen LogP contribution is 2.40. The first-order valence-corrected chi connectivity index (χ1v) is 13.9. The standard InChI is InChI=1S/C32H36N4O2/c1-20(2)16-30(21-6-4-3-5-7-21)33-32(38)23-10-15-29-28(17-23)31(35-34-29)22-8-11-24(12-9-22)36-25-13-14-26(36)19-27(37)18-25/h3-12,15,17,20,25-27,30,37H,13-14,16,18-19H2,1-2H3,(H,33,38)(H,34,35)/t25-,26+,27-,30-/m0/s1. The second kappa shape index (κ2) is 10.3. The zero-order valence-electron chi connectivity index (χ0n) is 22.1. The third kappa shape index (κ3) is 4.81. The number of hydrogen-bond donors (Lipinski definition) is 3. The minimum Gasteiger partial charge on any atom is -0.393 e. The molecule has 6 nitrogen and oxygen atoms in total. The number of aromatic amines is 1. The minimum absolute atomic E-state index is 0.0399. The fourth-order valence-corrected chi connectivity index (χ4v) is 6.41. The highest BCUT2D eigenvalue weighted by atomic mass is 16.3. The Kier molecular flexibility index (Phi) is 6.66. The predicted octanol–water partition coefficient (Wildman–Crippen LogP) is 6.24. The van der Waals surface area contributed by atoms with Gasteiger partial charge in [-0.1, -0.05) is 56.3 Å². The SMILES string of the molecule is CC(C)C[C@H](NC(=O)c1ccc2[nH]nc(-c3ccc(N4[C@@H]5CC[C@H]4C[C@H](O)C5)cc3)c2c1)c1ccccc1. The molecule has 0 unspecified atom stereocenters. The summed E-state index contributed by atoms with van der Waals surface area (Å²) >= 11 is 0. The Morgan fingerprint density at radius 2 is 1.74 bits per heavy atom. The van der Waals surface area contributed by atoms with Crippen molar-refractivity contribution in [3.05, 3.63) is 83.9 Å². The zero-order valence-corrected chi connectivity index (χ0v) is 22.1. The molecule has 3 heterocycles. The van der Waals surface area contributed by atoms with Crippen LogP contribution >= 0.6 is 0 Å². The third-order valence-electron chi connectivity index (χ3n) is 8.19. The smallest absolute Gasteiger partial charge is 0.251 e. The molecule has 6 rings (SSSR count). The van der Waals surface area contributed by atoms with Gasteiger partial charge >= 0.3 is 0 Å². The van der Waals surface area contributed by atoms with E-state index in [-0.39, 0.29) is 18.1 Å². The number of fused-ring (bicyclic) bond motifs is 3. The first-order chi connectivity index (χ1) is 18.5. The monoisotopic (exact) mass is 508 g/mol. The van der Waals surface area contributed by atoms with Gasteiger partial charge in [-0.3, -0.25) is 9.89 Å². The number of H-pyrrole nitrogens is 1. The van der Waals surface area contributed by atoms with Gasteiger partial charge in [0, 0.05) is 34.3 Å². The number of aliphatic hydroxyl groups excluding tert-OH is 1. The van der Waals surface area contributed by atoms with Crippen molar-refractivity contribution in [2.45, 2.75) is 70.2 Å². The largest absolute Gasteiger partial charge is 0.393 e.